The van der Waals surface area contributed by atoms with Gasteiger partial charge in [0, 0.05) is 5.75 Å². The van der Waals surface area contributed by atoms with Crippen molar-refractivity contribution in [2.24, 2.45) is 5.41 Å². The van der Waals surface area contributed by atoms with Crippen molar-refractivity contribution in [2.75, 3.05) is 24.7 Å². The van der Waals surface area contributed by atoms with Gasteiger partial charge in [-0.1, -0.05) is 20.8 Å². The molecule has 1 aliphatic heterocycles. The first-order valence-electron chi connectivity index (χ1n) is 6.00. The average molecular weight is 245 g/mol. The smallest absolute Gasteiger partial charge is 0.327 e. The Morgan fingerprint density at radius 2 is 2.12 bits per heavy atom. The zero-order valence-electron chi connectivity index (χ0n) is 10.8. The van der Waals surface area contributed by atoms with Gasteiger partial charge in [-0.05, 0) is 31.1 Å². The van der Waals surface area contributed by atoms with Crippen LogP contribution in [0.25, 0.3) is 0 Å². The minimum atomic E-state index is -0.513. The van der Waals surface area contributed by atoms with E-state index in [1.165, 1.54) is 0 Å². The highest BCUT2D eigenvalue weighted by Gasteiger charge is 2.53. The third kappa shape index (κ3) is 2.38. The summed E-state index contributed by atoms with van der Waals surface area (Å²) < 4.78 is 5.26. The monoisotopic (exact) mass is 245 g/mol. The first kappa shape index (κ1) is 13.8. The normalized spacial score (nSPS) is 28.8. The van der Waals surface area contributed by atoms with Crippen LogP contribution < -0.4 is 5.32 Å². The zero-order valence-corrected chi connectivity index (χ0v) is 11.6. The highest BCUT2D eigenvalue weighted by molar-refractivity contribution is 7.99. The molecule has 94 valence electrons. The molecule has 0 amide bonds. The van der Waals surface area contributed by atoms with Crippen molar-refractivity contribution >= 4 is 17.7 Å². The summed E-state index contributed by atoms with van der Waals surface area (Å²) in [5.41, 5.74) is -0.554. The van der Waals surface area contributed by atoms with Gasteiger partial charge in [-0.2, -0.15) is 11.8 Å². The Bertz CT molecular complexity index is 251. The van der Waals surface area contributed by atoms with Gasteiger partial charge < -0.3 is 10.1 Å². The Labute approximate surface area is 103 Å². The minimum absolute atomic E-state index is 0.0412. The zero-order chi connectivity index (χ0) is 12.2. The number of nitrogens with one attached hydrogen (secondary N) is 1. The molecule has 0 spiro atoms. The molecular weight excluding hydrogens is 222 g/mol. The second-order valence-corrected chi connectivity index (χ2v) is 5.95. The van der Waals surface area contributed by atoms with Gasteiger partial charge in [0.15, 0.2) is 0 Å². The van der Waals surface area contributed by atoms with E-state index in [0.29, 0.717) is 6.61 Å². The molecule has 0 aromatic heterocycles. The lowest BCUT2D eigenvalue weighted by atomic mass is 9.70. The largest absolute Gasteiger partial charge is 0.465 e. The van der Waals surface area contributed by atoms with E-state index in [-0.39, 0.29) is 11.4 Å². The molecule has 0 radical (unpaired) electrons. The SMILES string of the molecule is CCNC1(C(=O)OCC)CSCCC1(C)C. The molecule has 1 atom stereocenters. The van der Waals surface area contributed by atoms with E-state index >= 15 is 0 Å². The second-order valence-electron chi connectivity index (χ2n) is 4.84. The van der Waals surface area contributed by atoms with Crippen LogP contribution >= 0.6 is 11.8 Å². The van der Waals surface area contributed by atoms with Crippen LogP contribution in [0.15, 0.2) is 0 Å². The number of hydrogen-bond donors (Lipinski definition) is 1. The molecule has 0 aliphatic carbocycles. The highest BCUT2D eigenvalue weighted by Crippen LogP contribution is 2.43. The molecule has 0 aromatic rings. The van der Waals surface area contributed by atoms with Crippen molar-refractivity contribution in [3.8, 4) is 0 Å². The van der Waals surface area contributed by atoms with Crippen molar-refractivity contribution in [3.63, 3.8) is 0 Å². The summed E-state index contributed by atoms with van der Waals surface area (Å²) in [6.07, 6.45) is 1.05. The number of esters is 1. The van der Waals surface area contributed by atoms with Crippen LogP contribution in [0.1, 0.15) is 34.1 Å². The first-order valence-corrected chi connectivity index (χ1v) is 7.15. The number of ether oxygens (including phenoxy) is 1. The first-order chi connectivity index (χ1) is 7.50. The van der Waals surface area contributed by atoms with Crippen molar-refractivity contribution in [3.05, 3.63) is 0 Å². The number of likely N-dealkylation sites (N-methyl/N-ethyl adjacent to an activating group) is 1. The molecule has 1 fully saturated rings. The van der Waals surface area contributed by atoms with Gasteiger partial charge in [-0.15, -0.1) is 0 Å². The van der Waals surface area contributed by atoms with Crippen LogP contribution in [0, 0.1) is 5.41 Å². The summed E-state index contributed by atoms with van der Waals surface area (Å²) in [6.45, 7) is 9.46. The van der Waals surface area contributed by atoms with E-state index in [1.807, 2.05) is 25.6 Å². The molecule has 1 saturated heterocycles. The average Bonchev–Trinajstić information content (AvgIpc) is 2.21. The van der Waals surface area contributed by atoms with Crippen LogP contribution in [0.3, 0.4) is 0 Å². The van der Waals surface area contributed by atoms with Crippen molar-refractivity contribution in [2.45, 2.75) is 39.7 Å². The van der Waals surface area contributed by atoms with Gasteiger partial charge in [-0.3, -0.25) is 0 Å². The Hall–Kier alpha value is -0.220. The summed E-state index contributed by atoms with van der Waals surface area (Å²) >= 11 is 1.83. The maximum absolute atomic E-state index is 12.2. The Morgan fingerprint density at radius 3 is 2.62 bits per heavy atom. The van der Waals surface area contributed by atoms with Crippen molar-refractivity contribution in [1.82, 2.24) is 5.32 Å². The summed E-state index contributed by atoms with van der Waals surface area (Å²) in [4.78, 5) is 12.2. The number of hydrogen-bond acceptors (Lipinski definition) is 4. The van der Waals surface area contributed by atoms with Crippen LogP contribution in [-0.4, -0.2) is 36.2 Å². The molecule has 1 aliphatic rings. The quantitative estimate of drug-likeness (QED) is 0.770. The highest BCUT2D eigenvalue weighted by atomic mass is 32.2. The predicted molar refractivity (Wildman–Crippen MR) is 68.8 cm³/mol. The maximum Gasteiger partial charge on any atom is 0.327 e. The molecule has 1 unspecified atom stereocenters. The number of rotatable bonds is 4. The van der Waals surface area contributed by atoms with E-state index in [0.717, 1.165) is 24.5 Å². The fraction of sp³-hybridized carbons (Fsp3) is 0.917. The number of carbonyl (C=O) groups excluding carboxylic acids is 1. The van der Waals surface area contributed by atoms with E-state index in [9.17, 15) is 4.79 Å². The molecule has 0 aromatic carbocycles. The molecular formula is C12H23NO2S. The molecule has 1 N–H and O–H groups in total. The summed E-state index contributed by atoms with van der Waals surface area (Å²) in [5.74, 6) is 1.85. The minimum Gasteiger partial charge on any atom is -0.465 e. The molecule has 16 heavy (non-hydrogen) atoms. The van der Waals surface area contributed by atoms with E-state index in [2.05, 4.69) is 19.2 Å². The van der Waals surface area contributed by atoms with E-state index in [4.69, 9.17) is 4.74 Å². The van der Waals surface area contributed by atoms with Gasteiger partial charge in [0.25, 0.3) is 0 Å². The van der Waals surface area contributed by atoms with Gasteiger partial charge in [0.1, 0.15) is 5.54 Å². The summed E-state index contributed by atoms with van der Waals surface area (Å²) in [6, 6.07) is 0. The van der Waals surface area contributed by atoms with Gasteiger partial charge >= 0.3 is 5.97 Å². The Morgan fingerprint density at radius 1 is 1.44 bits per heavy atom. The topological polar surface area (TPSA) is 38.3 Å². The third-order valence-corrected chi connectivity index (χ3v) is 4.58. The lowest BCUT2D eigenvalue weighted by Crippen LogP contribution is -2.65. The van der Waals surface area contributed by atoms with Crippen LogP contribution in [-0.2, 0) is 9.53 Å². The standard InChI is InChI=1S/C12H23NO2S/c1-5-13-12(10(14)15-6-2)9-16-8-7-11(12,3)4/h13H,5-9H2,1-4H3. The molecule has 1 rings (SSSR count). The Kier molecular flexibility index (Phi) is 4.68. The lowest BCUT2D eigenvalue weighted by molar-refractivity contribution is -0.155. The van der Waals surface area contributed by atoms with Crippen molar-refractivity contribution < 1.29 is 9.53 Å². The number of carbonyl (C=O) groups is 1. The predicted octanol–water partition coefficient (Wildman–Crippen LogP) is 2.06. The van der Waals surface area contributed by atoms with Crippen LogP contribution in [0.2, 0.25) is 0 Å². The van der Waals surface area contributed by atoms with Crippen LogP contribution in [0.5, 0.6) is 0 Å². The van der Waals surface area contributed by atoms with Gasteiger partial charge in [0.05, 0.1) is 6.61 Å². The molecule has 0 saturated carbocycles. The summed E-state index contributed by atoms with van der Waals surface area (Å²) in [7, 11) is 0. The van der Waals surface area contributed by atoms with Crippen molar-refractivity contribution in [1.29, 1.82) is 0 Å². The third-order valence-electron chi connectivity index (χ3n) is 3.45. The van der Waals surface area contributed by atoms with E-state index < -0.39 is 5.54 Å². The fourth-order valence-corrected chi connectivity index (χ4v) is 3.93. The van der Waals surface area contributed by atoms with Crippen LogP contribution in [0.4, 0.5) is 0 Å². The van der Waals surface area contributed by atoms with E-state index in [1.54, 1.807) is 0 Å². The lowest BCUT2D eigenvalue weighted by Gasteiger charge is -2.48. The molecule has 4 heteroatoms. The Balaban J connectivity index is 2.96. The maximum atomic E-state index is 12.2. The second kappa shape index (κ2) is 5.41. The molecule has 3 nitrogen and oxygen atoms in total. The summed E-state index contributed by atoms with van der Waals surface area (Å²) in [5, 5.41) is 3.38. The van der Waals surface area contributed by atoms with Gasteiger partial charge in [-0.25, -0.2) is 4.79 Å². The molecule has 0 bridgehead atoms. The fourth-order valence-electron chi connectivity index (χ4n) is 2.22. The number of thioether (sulfide) groups is 1. The van der Waals surface area contributed by atoms with Gasteiger partial charge in [0.2, 0.25) is 0 Å². The molecule has 1 heterocycles.